The van der Waals surface area contributed by atoms with Gasteiger partial charge < -0.3 is 9.64 Å². The minimum absolute atomic E-state index is 0.0853. The number of aromatic nitrogens is 1. The Morgan fingerprint density at radius 2 is 2.10 bits per heavy atom. The summed E-state index contributed by atoms with van der Waals surface area (Å²) in [6, 6.07) is 4.56. The summed E-state index contributed by atoms with van der Waals surface area (Å²) in [5, 5.41) is 0. The predicted molar refractivity (Wildman–Crippen MR) is 81.7 cm³/mol. The third-order valence-corrected chi connectivity index (χ3v) is 3.73. The minimum Gasteiger partial charge on any atom is -0.375 e. The van der Waals surface area contributed by atoms with Gasteiger partial charge in [0.25, 0.3) is 0 Å². The van der Waals surface area contributed by atoms with E-state index in [9.17, 15) is 4.79 Å². The van der Waals surface area contributed by atoms with Gasteiger partial charge in [-0.1, -0.05) is 13.8 Å². The average molecular weight is 291 g/mol. The Bertz CT molecular complexity index is 444. The van der Waals surface area contributed by atoms with E-state index in [1.807, 2.05) is 17.3 Å². The average Bonchev–Trinajstić information content (AvgIpc) is 2.37. The van der Waals surface area contributed by atoms with Gasteiger partial charge in [-0.15, -0.1) is 0 Å². The van der Waals surface area contributed by atoms with Crippen LogP contribution in [0, 0.1) is 5.92 Å². The summed E-state index contributed by atoms with van der Waals surface area (Å²) >= 11 is 0. The summed E-state index contributed by atoms with van der Waals surface area (Å²) in [6.07, 6.45) is 3.66. The van der Waals surface area contributed by atoms with Crippen molar-refractivity contribution in [1.82, 2.24) is 14.8 Å². The normalized spacial score (nSPS) is 15.6. The van der Waals surface area contributed by atoms with Crippen molar-refractivity contribution in [2.75, 3.05) is 33.4 Å². The van der Waals surface area contributed by atoms with Gasteiger partial charge in [0, 0.05) is 51.7 Å². The number of likely N-dealkylation sites (tertiary alicyclic amines) is 1. The predicted octanol–water partition coefficient (Wildman–Crippen LogP) is 1.40. The molecule has 1 aromatic rings. The van der Waals surface area contributed by atoms with Crippen LogP contribution in [0.1, 0.15) is 19.4 Å². The Balaban J connectivity index is 1.91. The van der Waals surface area contributed by atoms with E-state index >= 15 is 0 Å². The number of carbonyl (C=O) groups is 1. The summed E-state index contributed by atoms with van der Waals surface area (Å²) in [5.74, 6) is 0.692. The Hall–Kier alpha value is -1.46. The first-order valence-electron chi connectivity index (χ1n) is 7.49. The molecule has 0 bridgehead atoms. The highest BCUT2D eigenvalue weighted by Gasteiger charge is 2.34. The zero-order valence-corrected chi connectivity index (χ0v) is 13.2. The Labute approximate surface area is 126 Å². The smallest absolute Gasteiger partial charge is 0.248 e. The van der Waals surface area contributed by atoms with Crippen LogP contribution in [0.5, 0.6) is 0 Å². The van der Waals surface area contributed by atoms with Crippen molar-refractivity contribution in [3.63, 3.8) is 0 Å². The van der Waals surface area contributed by atoms with Crippen molar-refractivity contribution in [3.8, 4) is 0 Å². The lowest BCUT2D eigenvalue weighted by molar-refractivity contribution is -0.143. The zero-order valence-electron chi connectivity index (χ0n) is 13.2. The van der Waals surface area contributed by atoms with Crippen molar-refractivity contribution in [3.05, 3.63) is 30.1 Å². The van der Waals surface area contributed by atoms with Gasteiger partial charge in [0.1, 0.15) is 6.61 Å². The van der Waals surface area contributed by atoms with Gasteiger partial charge in [-0.25, -0.2) is 0 Å². The molecule has 21 heavy (non-hydrogen) atoms. The first-order chi connectivity index (χ1) is 10.1. The second kappa shape index (κ2) is 7.52. The largest absolute Gasteiger partial charge is 0.375 e. The van der Waals surface area contributed by atoms with Crippen LogP contribution in [-0.4, -0.2) is 60.1 Å². The second-order valence-electron chi connectivity index (χ2n) is 6.06. The third kappa shape index (κ3) is 4.51. The summed E-state index contributed by atoms with van der Waals surface area (Å²) in [6.45, 7) is 8.20. The molecule has 1 aliphatic heterocycles. The molecular formula is C16H25N3O2. The molecule has 1 saturated heterocycles. The van der Waals surface area contributed by atoms with Crippen LogP contribution in [0.25, 0.3) is 0 Å². The molecule has 1 amide bonds. The van der Waals surface area contributed by atoms with Gasteiger partial charge in [-0.05, 0) is 23.6 Å². The van der Waals surface area contributed by atoms with Crippen LogP contribution >= 0.6 is 0 Å². The van der Waals surface area contributed by atoms with E-state index in [2.05, 4.69) is 35.9 Å². The van der Waals surface area contributed by atoms with Gasteiger partial charge >= 0.3 is 0 Å². The van der Waals surface area contributed by atoms with Crippen LogP contribution in [-0.2, 0) is 16.1 Å². The lowest BCUT2D eigenvalue weighted by Crippen LogP contribution is -2.61. The molecule has 2 rings (SSSR count). The molecule has 5 nitrogen and oxygen atoms in total. The van der Waals surface area contributed by atoms with Gasteiger partial charge in [-0.2, -0.15) is 0 Å². The van der Waals surface area contributed by atoms with Crippen molar-refractivity contribution in [2.45, 2.75) is 26.4 Å². The number of methoxy groups -OCH3 is 1. The Kier molecular flexibility index (Phi) is 5.70. The number of carbonyl (C=O) groups excluding carboxylic acids is 1. The van der Waals surface area contributed by atoms with E-state index in [4.69, 9.17) is 4.74 Å². The summed E-state index contributed by atoms with van der Waals surface area (Å²) < 4.78 is 4.90. The van der Waals surface area contributed by atoms with E-state index in [-0.39, 0.29) is 12.5 Å². The Morgan fingerprint density at radius 3 is 2.67 bits per heavy atom. The van der Waals surface area contributed by atoms with Gasteiger partial charge in [0.15, 0.2) is 0 Å². The highest BCUT2D eigenvalue weighted by Crippen LogP contribution is 2.19. The van der Waals surface area contributed by atoms with Crippen LogP contribution in [0.3, 0.4) is 0 Å². The molecule has 1 fully saturated rings. The maximum atomic E-state index is 11.7. The number of amides is 1. The molecule has 1 aliphatic rings. The zero-order chi connectivity index (χ0) is 15.2. The third-order valence-electron chi connectivity index (χ3n) is 3.73. The number of ether oxygens (including phenoxy) is 1. The molecule has 2 heterocycles. The lowest BCUT2D eigenvalue weighted by Gasteiger charge is -2.46. The van der Waals surface area contributed by atoms with Crippen LogP contribution in [0.4, 0.5) is 0 Å². The summed E-state index contributed by atoms with van der Waals surface area (Å²) in [7, 11) is 1.56. The fourth-order valence-electron chi connectivity index (χ4n) is 2.64. The molecule has 0 aromatic carbocycles. The van der Waals surface area contributed by atoms with E-state index in [1.54, 1.807) is 7.11 Å². The molecule has 0 spiro atoms. The highest BCUT2D eigenvalue weighted by atomic mass is 16.5. The number of pyridine rings is 1. The molecule has 5 heteroatoms. The number of hydrogen-bond acceptors (Lipinski definition) is 4. The fraction of sp³-hybridized carbons (Fsp3) is 0.625. The van der Waals surface area contributed by atoms with E-state index in [1.165, 1.54) is 5.56 Å². The number of hydrogen-bond donors (Lipinski definition) is 0. The molecule has 1 aromatic heterocycles. The summed E-state index contributed by atoms with van der Waals surface area (Å²) in [5.41, 5.74) is 1.27. The molecule has 0 aliphatic carbocycles. The first-order valence-corrected chi connectivity index (χ1v) is 7.49. The second-order valence-corrected chi connectivity index (χ2v) is 6.06. The summed E-state index contributed by atoms with van der Waals surface area (Å²) in [4.78, 5) is 20.1. The van der Waals surface area contributed by atoms with Crippen LogP contribution in [0.15, 0.2) is 24.5 Å². The maximum Gasteiger partial charge on any atom is 0.248 e. The maximum absolute atomic E-state index is 11.7. The highest BCUT2D eigenvalue weighted by molar-refractivity contribution is 5.78. The lowest BCUT2D eigenvalue weighted by atomic mass is 10.0. The van der Waals surface area contributed by atoms with Crippen LogP contribution in [0.2, 0.25) is 0 Å². The standard InChI is InChI=1S/C16H25N3O2/c1-13(2)8-18(9-14-4-6-17-7-5-14)15-10-19(11-15)16(20)12-21-3/h4-7,13,15H,8-12H2,1-3H3. The quantitative estimate of drug-likeness (QED) is 0.762. The number of nitrogens with zero attached hydrogens (tertiary/aromatic N) is 3. The molecule has 0 unspecified atom stereocenters. The van der Waals surface area contributed by atoms with Crippen molar-refractivity contribution in [1.29, 1.82) is 0 Å². The van der Waals surface area contributed by atoms with Gasteiger partial charge in [-0.3, -0.25) is 14.7 Å². The minimum atomic E-state index is 0.0853. The van der Waals surface area contributed by atoms with Crippen molar-refractivity contribution in [2.24, 2.45) is 5.92 Å². The van der Waals surface area contributed by atoms with Gasteiger partial charge in [0.2, 0.25) is 5.91 Å². The molecule has 116 valence electrons. The fourth-order valence-corrected chi connectivity index (χ4v) is 2.64. The van der Waals surface area contributed by atoms with E-state index in [0.717, 1.165) is 26.2 Å². The molecule has 0 N–H and O–H groups in total. The van der Waals surface area contributed by atoms with Crippen molar-refractivity contribution < 1.29 is 9.53 Å². The first kappa shape index (κ1) is 15.9. The molecular weight excluding hydrogens is 266 g/mol. The SMILES string of the molecule is COCC(=O)N1CC(N(Cc2ccncc2)CC(C)C)C1. The van der Waals surface area contributed by atoms with Crippen LogP contribution < -0.4 is 0 Å². The topological polar surface area (TPSA) is 45.7 Å². The van der Waals surface area contributed by atoms with Crippen molar-refractivity contribution >= 4 is 5.91 Å². The Morgan fingerprint density at radius 1 is 1.43 bits per heavy atom. The van der Waals surface area contributed by atoms with E-state index < -0.39 is 0 Å². The number of rotatable bonds is 7. The molecule has 0 saturated carbocycles. The molecule has 0 radical (unpaired) electrons. The van der Waals surface area contributed by atoms with E-state index in [0.29, 0.717) is 12.0 Å². The van der Waals surface area contributed by atoms with Gasteiger partial charge in [0.05, 0.1) is 0 Å². The molecule has 0 atom stereocenters. The monoisotopic (exact) mass is 291 g/mol.